The van der Waals surface area contributed by atoms with Crippen LogP contribution in [0.3, 0.4) is 0 Å². The molecule has 1 aromatic carbocycles. The zero-order chi connectivity index (χ0) is 12.7. The molecule has 0 spiro atoms. The topological polar surface area (TPSA) is 81.8 Å². The predicted molar refractivity (Wildman–Crippen MR) is 67.8 cm³/mol. The minimum absolute atomic E-state index is 0.0568. The van der Waals surface area contributed by atoms with E-state index in [1.54, 1.807) is 12.3 Å². The van der Waals surface area contributed by atoms with Crippen LogP contribution >= 0.6 is 11.6 Å². The molecule has 2 aromatic heterocycles. The van der Waals surface area contributed by atoms with Crippen LogP contribution in [0.2, 0.25) is 5.02 Å². The van der Waals surface area contributed by atoms with Gasteiger partial charge in [-0.05, 0) is 12.1 Å². The van der Waals surface area contributed by atoms with Crippen molar-refractivity contribution < 1.29 is 9.90 Å². The average molecular weight is 262 g/mol. The molecule has 90 valence electrons. The fourth-order valence-electron chi connectivity index (χ4n) is 1.90. The fraction of sp³-hybridized carbons (Fsp3) is 0. The van der Waals surface area contributed by atoms with Crippen molar-refractivity contribution in [2.45, 2.75) is 0 Å². The minimum atomic E-state index is -1.04. The number of fused-ring (bicyclic) bond motifs is 1. The SMILES string of the molecule is O=C(O)c1cc(-c2c[nH]c3c(Cl)cccc23)n[nH]1. The van der Waals surface area contributed by atoms with Crippen LogP contribution in [0.5, 0.6) is 0 Å². The Kier molecular flexibility index (Phi) is 2.34. The maximum absolute atomic E-state index is 10.8. The molecule has 0 saturated heterocycles. The average Bonchev–Trinajstić information content (AvgIpc) is 2.94. The number of nitrogens with one attached hydrogen (secondary N) is 2. The van der Waals surface area contributed by atoms with Crippen molar-refractivity contribution >= 4 is 28.5 Å². The zero-order valence-corrected chi connectivity index (χ0v) is 9.82. The number of carbonyl (C=O) groups is 1. The molecule has 0 amide bonds. The summed E-state index contributed by atoms with van der Waals surface area (Å²) >= 11 is 6.06. The highest BCUT2D eigenvalue weighted by atomic mass is 35.5. The Morgan fingerprint density at radius 2 is 2.22 bits per heavy atom. The summed E-state index contributed by atoms with van der Waals surface area (Å²) in [5.41, 5.74) is 2.26. The van der Waals surface area contributed by atoms with E-state index in [2.05, 4.69) is 15.2 Å². The molecule has 0 aliphatic carbocycles. The van der Waals surface area contributed by atoms with Crippen molar-refractivity contribution in [3.05, 3.63) is 41.2 Å². The normalized spacial score (nSPS) is 10.9. The van der Waals surface area contributed by atoms with E-state index in [1.807, 2.05) is 12.1 Å². The van der Waals surface area contributed by atoms with Crippen molar-refractivity contribution in [3.8, 4) is 11.3 Å². The van der Waals surface area contributed by atoms with Crippen LogP contribution in [0.1, 0.15) is 10.5 Å². The van der Waals surface area contributed by atoms with Gasteiger partial charge in [-0.2, -0.15) is 5.10 Å². The molecule has 0 unspecified atom stereocenters. The first-order valence-electron chi connectivity index (χ1n) is 5.21. The van der Waals surface area contributed by atoms with E-state index in [1.165, 1.54) is 6.07 Å². The zero-order valence-electron chi connectivity index (χ0n) is 9.07. The molecule has 0 atom stereocenters. The van der Waals surface area contributed by atoms with Crippen molar-refractivity contribution in [1.29, 1.82) is 0 Å². The van der Waals surface area contributed by atoms with Gasteiger partial charge in [0.1, 0.15) is 5.69 Å². The van der Waals surface area contributed by atoms with Gasteiger partial charge in [0.2, 0.25) is 0 Å². The quantitative estimate of drug-likeness (QED) is 0.663. The number of aromatic amines is 2. The smallest absolute Gasteiger partial charge is 0.353 e. The van der Waals surface area contributed by atoms with Gasteiger partial charge in [-0.25, -0.2) is 4.79 Å². The summed E-state index contributed by atoms with van der Waals surface area (Å²) in [5, 5.41) is 16.8. The van der Waals surface area contributed by atoms with E-state index >= 15 is 0 Å². The van der Waals surface area contributed by atoms with E-state index in [4.69, 9.17) is 16.7 Å². The maximum atomic E-state index is 10.8. The fourth-order valence-corrected chi connectivity index (χ4v) is 2.13. The summed E-state index contributed by atoms with van der Waals surface area (Å²) in [6, 6.07) is 7.03. The molecule has 0 aliphatic rings. The number of carboxylic acid groups (broad SMARTS) is 1. The molecule has 3 aromatic rings. The third-order valence-corrected chi connectivity index (χ3v) is 3.06. The second-order valence-electron chi connectivity index (χ2n) is 3.84. The lowest BCUT2D eigenvalue weighted by atomic mass is 10.1. The third-order valence-electron chi connectivity index (χ3n) is 2.75. The van der Waals surface area contributed by atoms with Gasteiger partial charge >= 0.3 is 5.97 Å². The molecule has 0 bridgehead atoms. The Hall–Kier alpha value is -2.27. The van der Waals surface area contributed by atoms with Gasteiger partial charge in [-0.3, -0.25) is 5.10 Å². The highest BCUT2D eigenvalue weighted by Gasteiger charge is 2.13. The van der Waals surface area contributed by atoms with Crippen LogP contribution < -0.4 is 0 Å². The number of carboxylic acids is 1. The van der Waals surface area contributed by atoms with Gasteiger partial charge in [-0.15, -0.1) is 0 Å². The number of benzene rings is 1. The molecule has 0 saturated carbocycles. The van der Waals surface area contributed by atoms with Crippen molar-refractivity contribution in [3.63, 3.8) is 0 Å². The molecule has 2 heterocycles. The van der Waals surface area contributed by atoms with E-state index in [0.717, 1.165) is 16.5 Å². The number of H-pyrrole nitrogens is 2. The Balaban J connectivity index is 2.19. The predicted octanol–water partition coefficient (Wildman–Crippen LogP) is 2.91. The maximum Gasteiger partial charge on any atom is 0.353 e. The monoisotopic (exact) mass is 261 g/mol. The number of halogens is 1. The second-order valence-corrected chi connectivity index (χ2v) is 4.24. The number of nitrogens with zero attached hydrogens (tertiary/aromatic N) is 1. The molecular formula is C12H8ClN3O2. The molecule has 0 aliphatic heterocycles. The largest absolute Gasteiger partial charge is 0.477 e. The minimum Gasteiger partial charge on any atom is -0.477 e. The number of para-hydroxylation sites is 1. The molecule has 18 heavy (non-hydrogen) atoms. The van der Waals surface area contributed by atoms with E-state index in [-0.39, 0.29) is 5.69 Å². The van der Waals surface area contributed by atoms with Crippen molar-refractivity contribution in [2.24, 2.45) is 0 Å². The van der Waals surface area contributed by atoms with E-state index in [9.17, 15) is 4.79 Å². The number of aromatic carboxylic acids is 1. The summed E-state index contributed by atoms with van der Waals surface area (Å²) in [5.74, 6) is -1.04. The first-order chi connectivity index (χ1) is 8.66. The van der Waals surface area contributed by atoms with Crippen molar-refractivity contribution in [2.75, 3.05) is 0 Å². The Bertz CT molecular complexity index is 745. The number of hydrogen-bond acceptors (Lipinski definition) is 2. The van der Waals surface area contributed by atoms with Gasteiger partial charge < -0.3 is 10.1 Å². The van der Waals surface area contributed by atoms with E-state index < -0.39 is 5.97 Å². The Labute approximate surface area is 106 Å². The number of rotatable bonds is 2. The summed E-state index contributed by atoms with van der Waals surface area (Å²) in [4.78, 5) is 13.9. The molecule has 0 fully saturated rings. The molecular weight excluding hydrogens is 254 g/mol. The summed E-state index contributed by atoms with van der Waals surface area (Å²) in [6.45, 7) is 0. The van der Waals surface area contributed by atoms with Gasteiger partial charge in [-0.1, -0.05) is 23.7 Å². The van der Waals surface area contributed by atoms with Gasteiger partial charge in [0.05, 0.1) is 16.2 Å². The summed E-state index contributed by atoms with van der Waals surface area (Å²) in [6.07, 6.45) is 1.76. The van der Waals surface area contributed by atoms with Crippen LogP contribution in [0.25, 0.3) is 22.2 Å². The molecule has 5 nitrogen and oxygen atoms in total. The Morgan fingerprint density at radius 1 is 1.39 bits per heavy atom. The van der Waals surface area contributed by atoms with Gasteiger partial charge in [0.15, 0.2) is 0 Å². The van der Waals surface area contributed by atoms with E-state index in [0.29, 0.717) is 10.7 Å². The lowest BCUT2D eigenvalue weighted by molar-refractivity contribution is 0.0690. The van der Waals surface area contributed by atoms with Crippen LogP contribution in [-0.2, 0) is 0 Å². The highest BCUT2D eigenvalue weighted by Crippen LogP contribution is 2.31. The first-order valence-corrected chi connectivity index (χ1v) is 5.59. The third kappa shape index (κ3) is 1.56. The van der Waals surface area contributed by atoms with Crippen LogP contribution in [0.15, 0.2) is 30.5 Å². The van der Waals surface area contributed by atoms with Gasteiger partial charge in [0, 0.05) is 17.1 Å². The number of hydrogen-bond donors (Lipinski definition) is 3. The van der Waals surface area contributed by atoms with Gasteiger partial charge in [0.25, 0.3) is 0 Å². The van der Waals surface area contributed by atoms with Crippen LogP contribution in [0, 0.1) is 0 Å². The second kappa shape index (κ2) is 3.89. The molecule has 0 radical (unpaired) electrons. The number of aromatic nitrogens is 3. The standard InChI is InChI=1S/C12H8ClN3O2/c13-8-3-1-2-6-7(5-14-11(6)8)9-4-10(12(17)18)16-15-9/h1-5,14H,(H,15,16)(H,17,18). The summed E-state index contributed by atoms with van der Waals surface area (Å²) < 4.78 is 0. The lowest BCUT2D eigenvalue weighted by Gasteiger charge is -1.95. The molecule has 6 heteroatoms. The molecule has 3 N–H and O–H groups in total. The Morgan fingerprint density at radius 3 is 2.94 bits per heavy atom. The summed E-state index contributed by atoms with van der Waals surface area (Å²) in [7, 11) is 0. The lowest BCUT2D eigenvalue weighted by Crippen LogP contribution is -1.95. The van der Waals surface area contributed by atoms with Crippen molar-refractivity contribution in [1.82, 2.24) is 15.2 Å². The van der Waals surface area contributed by atoms with Crippen LogP contribution in [0.4, 0.5) is 0 Å². The highest BCUT2D eigenvalue weighted by molar-refractivity contribution is 6.35. The van der Waals surface area contributed by atoms with Crippen LogP contribution in [-0.4, -0.2) is 26.3 Å². The molecule has 3 rings (SSSR count). The first kappa shape index (κ1) is 10.9.